The van der Waals surface area contributed by atoms with Crippen molar-refractivity contribution in [3.63, 3.8) is 0 Å². The Morgan fingerprint density at radius 1 is 1.16 bits per heavy atom. The molecule has 0 saturated carbocycles. The molecular formula is C18H18N4O3. The number of hydrogen-bond donors (Lipinski definition) is 1. The first-order valence-corrected chi connectivity index (χ1v) is 7.89. The molecule has 1 N–H and O–H groups in total. The number of nitrogens with zero attached hydrogens (tertiary/aromatic N) is 4. The molecule has 7 heteroatoms. The molecule has 0 amide bonds. The number of carboxylic acid groups (broad SMARTS) is 1. The summed E-state index contributed by atoms with van der Waals surface area (Å²) < 4.78 is 7.45. The molecule has 0 atom stereocenters. The summed E-state index contributed by atoms with van der Waals surface area (Å²) in [7, 11) is 0. The number of aryl methyl sites for hydroxylation is 3. The first-order chi connectivity index (χ1) is 12.0. The van der Waals surface area contributed by atoms with Gasteiger partial charge in [-0.15, -0.1) is 0 Å². The second kappa shape index (κ2) is 6.72. The molecule has 2 aromatic heterocycles. The Balaban J connectivity index is 1.94. The van der Waals surface area contributed by atoms with Gasteiger partial charge in [-0.3, -0.25) is 0 Å². The van der Waals surface area contributed by atoms with Gasteiger partial charge in [0.15, 0.2) is 0 Å². The highest BCUT2D eigenvalue weighted by Gasteiger charge is 2.11. The lowest BCUT2D eigenvalue weighted by atomic mass is 10.2. The van der Waals surface area contributed by atoms with E-state index in [1.165, 1.54) is 12.1 Å². The van der Waals surface area contributed by atoms with Gasteiger partial charge >= 0.3 is 5.97 Å². The van der Waals surface area contributed by atoms with Gasteiger partial charge in [-0.05, 0) is 50.6 Å². The Labute approximate surface area is 144 Å². The summed E-state index contributed by atoms with van der Waals surface area (Å²) in [5, 5.41) is 13.4. The van der Waals surface area contributed by atoms with E-state index < -0.39 is 5.97 Å². The van der Waals surface area contributed by atoms with Gasteiger partial charge in [0.05, 0.1) is 11.3 Å². The number of aromatic carboxylic acids is 1. The van der Waals surface area contributed by atoms with Gasteiger partial charge in [0.25, 0.3) is 5.95 Å². The van der Waals surface area contributed by atoms with E-state index in [4.69, 9.17) is 9.84 Å². The molecule has 1 aromatic carbocycles. The Morgan fingerprint density at radius 2 is 1.88 bits per heavy atom. The number of hydrogen-bond acceptors (Lipinski definition) is 5. The third-order valence-electron chi connectivity index (χ3n) is 3.63. The summed E-state index contributed by atoms with van der Waals surface area (Å²) in [6, 6.07) is 9.89. The van der Waals surface area contributed by atoms with Crippen LogP contribution in [0.5, 0.6) is 11.6 Å². The van der Waals surface area contributed by atoms with Crippen LogP contribution in [-0.4, -0.2) is 30.8 Å². The number of rotatable bonds is 5. The number of ether oxygens (including phenoxy) is 1. The predicted octanol–water partition coefficient (Wildman–Crippen LogP) is 3.33. The van der Waals surface area contributed by atoms with E-state index in [9.17, 15) is 4.79 Å². The normalized spacial score (nSPS) is 10.7. The van der Waals surface area contributed by atoms with Crippen molar-refractivity contribution in [3.8, 4) is 17.6 Å². The van der Waals surface area contributed by atoms with E-state index >= 15 is 0 Å². The molecule has 2 heterocycles. The fraction of sp³-hybridized carbons (Fsp3) is 0.222. The van der Waals surface area contributed by atoms with Crippen molar-refractivity contribution in [2.45, 2.75) is 27.2 Å². The second-order valence-electron chi connectivity index (χ2n) is 5.62. The standard InChI is InChI=1S/C18H18N4O3/c1-4-14-10-16(25-15-7-5-13(6-8-15)17(23)24)20-18(19-14)22-12(3)9-11(2)21-22/h5-10H,4H2,1-3H3,(H,23,24). The zero-order valence-corrected chi connectivity index (χ0v) is 14.2. The Bertz CT molecular complexity index is 917. The molecule has 0 saturated heterocycles. The second-order valence-corrected chi connectivity index (χ2v) is 5.62. The third kappa shape index (κ3) is 3.65. The third-order valence-corrected chi connectivity index (χ3v) is 3.63. The van der Waals surface area contributed by atoms with Crippen LogP contribution in [0.3, 0.4) is 0 Å². The molecule has 3 rings (SSSR count). The van der Waals surface area contributed by atoms with E-state index in [2.05, 4.69) is 15.1 Å². The Hall–Kier alpha value is -3.22. The van der Waals surface area contributed by atoms with Crippen LogP contribution < -0.4 is 4.74 Å². The fourth-order valence-electron chi connectivity index (χ4n) is 2.40. The first kappa shape index (κ1) is 16.6. The summed E-state index contributed by atoms with van der Waals surface area (Å²) in [6.45, 7) is 5.85. The lowest BCUT2D eigenvalue weighted by Crippen LogP contribution is -2.08. The molecule has 0 radical (unpaired) electrons. The SMILES string of the molecule is CCc1cc(Oc2ccc(C(=O)O)cc2)nc(-n2nc(C)cc2C)n1. The van der Waals surface area contributed by atoms with E-state index in [1.54, 1.807) is 22.9 Å². The fourth-order valence-corrected chi connectivity index (χ4v) is 2.40. The van der Waals surface area contributed by atoms with Crippen LogP contribution in [0, 0.1) is 13.8 Å². The quantitative estimate of drug-likeness (QED) is 0.767. The molecule has 128 valence electrons. The zero-order chi connectivity index (χ0) is 18.0. The van der Waals surface area contributed by atoms with Crippen molar-refractivity contribution >= 4 is 5.97 Å². The maximum atomic E-state index is 10.9. The van der Waals surface area contributed by atoms with Crippen LogP contribution in [0.2, 0.25) is 0 Å². The molecule has 0 aliphatic rings. The van der Waals surface area contributed by atoms with Gasteiger partial charge in [-0.1, -0.05) is 6.92 Å². The Kier molecular flexibility index (Phi) is 4.47. The lowest BCUT2D eigenvalue weighted by molar-refractivity contribution is 0.0697. The van der Waals surface area contributed by atoms with Gasteiger partial charge < -0.3 is 9.84 Å². The van der Waals surface area contributed by atoms with Crippen LogP contribution in [-0.2, 0) is 6.42 Å². The minimum atomic E-state index is -0.978. The number of benzene rings is 1. The molecule has 0 unspecified atom stereocenters. The monoisotopic (exact) mass is 338 g/mol. The van der Waals surface area contributed by atoms with Gasteiger partial charge in [-0.25, -0.2) is 14.5 Å². The maximum Gasteiger partial charge on any atom is 0.335 e. The van der Waals surface area contributed by atoms with Crippen LogP contribution in [0.25, 0.3) is 5.95 Å². The van der Waals surface area contributed by atoms with Crippen LogP contribution in [0.1, 0.15) is 34.4 Å². The van der Waals surface area contributed by atoms with Gasteiger partial charge in [0.1, 0.15) is 5.75 Å². The summed E-state index contributed by atoms with van der Waals surface area (Å²) in [6.07, 6.45) is 0.725. The molecule has 3 aromatic rings. The highest BCUT2D eigenvalue weighted by atomic mass is 16.5. The van der Waals surface area contributed by atoms with Crippen LogP contribution >= 0.6 is 0 Å². The number of carbonyl (C=O) groups is 1. The van der Waals surface area contributed by atoms with Crippen molar-refractivity contribution in [1.29, 1.82) is 0 Å². The molecule has 0 aliphatic carbocycles. The Morgan fingerprint density at radius 3 is 2.44 bits per heavy atom. The number of carboxylic acids is 1. The minimum absolute atomic E-state index is 0.201. The molecule has 0 spiro atoms. The average molecular weight is 338 g/mol. The smallest absolute Gasteiger partial charge is 0.335 e. The van der Waals surface area contributed by atoms with E-state index in [-0.39, 0.29) is 5.56 Å². The van der Waals surface area contributed by atoms with Crippen LogP contribution in [0.15, 0.2) is 36.4 Å². The highest BCUT2D eigenvalue weighted by molar-refractivity contribution is 5.87. The van der Waals surface area contributed by atoms with Crippen molar-refractivity contribution in [2.75, 3.05) is 0 Å². The predicted molar refractivity (Wildman–Crippen MR) is 91.5 cm³/mol. The molecule has 0 aliphatic heterocycles. The highest BCUT2D eigenvalue weighted by Crippen LogP contribution is 2.22. The lowest BCUT2D eigenvalue weighted by Gasteiger charge is -2.09. The first-order valence-electron chi connectivity index (χ1n) is 7.89. The maximum absolute atomic E-state index is 10.9. The van der Waals surface area contributed by atoms with E-state index in [0.717, 1.165) is 23.5 Å². The van der Waals surface area contributed by atoms with Crippen molar-refractivity contribution in [3.05, 3.63) is 59.0 Å². The van der Waals surface area contributed by atoms with Gasteiger partial charge in [0.2, 0.25) is 5.88 Å². The van der Waals surface area contributed by atoms with E-state index in [0.29, 0.717) is 17.6 Å². The summed E-state index contributed by atoms with van der Waals surface area (Å²) in [5.74, 6) is 0.360. The molecule has 7 nitrogen and oxygen atoms in total. The summed E-state index contributed by atoms with van der Waals surface area (Å²) >= 11 is 0. The molecule has 0 fully saturated rings. The van der Waals surface area contributed by atoms with Crippen molar-refractivity contribution in [1.82, 2.24) is 19.7 Å². The van der Waals surface area contributed by atoms with Gasteiger partial charge in [-0.2, -0.15) is 10.1 Å². The zero-order valence-electron chi connectivity index (χ0n) is 14.2. The number of aromatic nitrogens is 4. The minimum Gasteiger partial charge on any atom is -0.478 e. The largest absolute Gasteiger partial charge is 0.478 e. The molecule has 25 heavy (non-hydrogen) atoms. The van der Waals surface area contributed by atoms with Crippen LogP contribution in [0.4, 0.5) is 0 Å². The van der Waals surface area contributed by atoms with Gasteiger partial charge in [0, 0.05) is 17.5 Å². The summed E-state index contributed by atoms with van der Waals surface area (Å²) in [5.41, 5.74) is 2.85. The van der Waals surface area contributed by atoms with Crippen molar-refractivity contribution < 1.29 is 14.6 Å². The molecule has 0 bridgehead atoms. The molecular weight excluding hydrogens is 320 g/mol. The topological polar surface area (TPSA) is 90.1 Å². The van der Waals surface area contributed by atoms with Crippen molar-refractivity contribution in [2.24, 2.45) is 0 Å². The summed E-state index contributed by atoms with van der Waals surface area (Å²) in [4.78, 5) is 19.9. The van der Waals surface area contributed by atoms with E-state index in [1.807, 2.05) is 26.8 Å². The average Bonchev–Trinajstić information content (AvgIpc) is 2.93.